The number of aromatic nitrogens is 1. The molecule has 0 saturated heterocycles. The Balaban J connectivity index is 1.14. The molecule has 2 amide bonds. The summed E-state index contributed by atoms with van der Waals surface area (Å²) >= 11 is 0. The van der Waals surface area contributed by atoms with E-state index in [0.29, 0.717) is 36.3 Å². The van der Waals surface area contributed by atoms with Gasteiger partial charge in [-0.1, -0.05) is 54.6 Å². The van der Waals surface area contributed by atoms with Crippen LogP contribution in [-0.2, 0) is 48.9 Å². The number of benzene rings is 5. The third kappa shape index (κ3) is 6.27. The van der Waals surface area contributed by atoms with Crippen molar-refractivity contribution in [1.82, 2.24) is 13.8 Å². The average Bonchev–Trinajstić information content (AvgIpc) is 3.61. The van der Waals surface area contributed by atoms with Gasteiger partial charge in [0.15, 0.2) is 0 Å². The van der Waals surface area contributed by atoms with Gasteiger partial charge in [0.25, 0.3) is 11.8 Å². The molecule has 284 valence electrons. The largest absolute Gasteiger partial charge is 0.508 e. The first-order valence-electron chi connectivity index (χ1n) is 19.4. The zero-order valence-corrected chi connectivity index (χ0v) is 32.4. The van der Waals surface area contributed by atoms with E-state index in [0.717, 1.165) is 76.6 Å². The number of nitrogens with zero attached hydrogens (tertiary/aromatic N) is 4. The Labute approximate surface area is 327 Å². The third-order valence-corrected chi connectivity index (χ3v) is 13.8. The highest BCUT2D eigenvalue weighted by atomic mass is 32.2. The Morgan fingerprint density at radius 3 is 2.29 bits per heavy atom. The van der Waals surface area contributed by atoms with Crippen molar-refractivity contribution in [2.45, 2.75) is 69.6 Å². The van der Waals surface area contributed by atoms with Crippen LogP contribution >= 0.6 is 0 Å². The Kier molecular flexibility index (Phi) is 9.05. The minimum absolute atomic E-state index is 0.0524. The number of hydrogen-bond acceptors (Lipinski definition) is 5. The number of phenolic OH excluding ortho intramolecular Hbond substituents is 1. The minimum atomic E-state index is -3.83. The van der Waals surface area contributed by atoms with Crippen molar-refractivity contribution in [2.24, 2.45) is 0 Å². The molecule has 0 saturated carbocycles. The number of rotatable bonds is 6. The van der Waals surface area contributed by atoms with Gasteiger partial charge in [0.2, 0.25) is 10.0 Å². The number of hydrogen-bond donors (Lipinski definition) is 1. The molecule has 4 heterocycles. The van der Waals surface area contributed by atoms with E-state index in [4.69, 9.17) is 0 Å². The van der Waals surface area contributed by atoms with E-state index in [1.54, 1.807) is 48.3 Å². The van der Waals surface area contributed by atoms with Crippen LogP contribution in [0.4, 0.5) is 5.69 Å². The molecule has 0 unspecified atom stereocenters. The van der Waals surface area contributed by atoms with E-state index in [2.05, 4.69) is 29.7 Å². The van der Waals surface area contributed by atoms with Crippen LogP contribution in [0, 0.1) is 0 Å². The number of sulfonamides is 1. The molecule has 1 aromatic heterocycles. The monoisotopic (exact) mass is 764 g/mol. The van der Waals surface area contributed by atoms with Crippen LogP contribution in [0.5, 0.6) is 5.75 Å². The summed E-state index contributed by atoms with van der Waals surface area (Å²) < 4.78 is 32.1. The maximum Gasteiger partial charge on any atom is 0.259 e. The zero-order valence-electron chi connectivity index (χ0n) is 31.6. The van der Waals surface area contributed by atoms with Crippen LogP contribution in [0.15, 0.2) is 114 Å². The Morgan fingerprint density at radius 2 is 1.48 bits per heavy atom. The van der Waals surface area contributed by atoms with Crippen molar-refractivity contribution in [2.75, 3.05) is 18.5 Å². The van der Waals surface area contributed by atoms with Gasteiger partial charge in [0.05, 0.1) is 10.5 Å². The SMILES string of the molecule is C[C@@H]1Cc2ccccc2CN1C(=O)c1cc2c(cc1-c1cc(C(=O)N(C)c3ccc(O)cc3)c3n1CCCC3)CCN(S(=O)(=O)c1ccc3ccccc3c1)C2. The van der Waals surface area contributed by atoms with Crippen LogP contribution < -0.4 is 4.90 Å². The smallest absolute Gasteiger partial charge is 0.259 e. The number of carbonyl (C=O) groups excluding carboxylic acids is 2. The van der Waals surface area contributed by atoms with Crippen molar-refractivity contribution >= 4 is 38.3 Å². The molecule has 0 spiro atoms. The van der Waals surface area contributed by atoms with Gasteiger partial charge in [0, 0.05) is 67.5 Å². The summed E-state index contributed by atoms with van der Waals surface area (Å²) in [6, 6.07) is 33.7. The van der Waals surface area contributed by atoms with Gasteiger partial charge in [0.1, 0.15) is 5.75 Å². The second kappa shape index (κ2) is 14.1. The molecule has 5 aromatic carbocycles. The van der Waals surface area contributed by atoms with Crippen molar-refractivity contribution < 1.29 is 23.1 Å². The zero-order chi connectivity index (χ0) is 38.7. The van der Waals surface area contributed by atoms with Gasteiger partial charge in [-0.2, -0.15) is 4.31 Å². The Bertz CT molecular complexity index is 2650. The standard InChI is InChI=1S/C46H44N4O5S/c1-30-23-32-10-5-6-12-35(32)29-50(30)46(53)41-26-36-28-48(56(54,55)39-19-14-31-9-3-4-11-33(31)24-39)22-20-34(36)25-40(41)44-27-42(43-13-7-8-21-49(43)44)45(52)47(2)37-15-17-38(51)18-16-37/h3-6,9-12,14-19,24-27,30,51H,7-8,13,20-23,28-29H2,1-2H3/t30-/m1/s1. The fourth-order valence-electron chi connectivity index (χ4n) is 8.82. The van der Waals surface area contributed by atoms with Gasteiger partial charge >= 0.3 is 0 Å². The molecule has 0 aliphatic carbocycles. The summed E-state index contributed by atoms with van der Waals surface area (Å²) in [5.41, 5.74) is 8.48. The molecular weight excluding hydrogens is 721 g/mol. The normalized spacial score (nSPS) is 16.9. The number of anilines is 1. The maximum absolute atomic E-state index is 15.0. The van der Waals surface area contributed by atoms with Crippen molar-refractivity contribution in [3.05, 3.63) is 148 Å². The number of phenols is 1. The van der Waals surface area contributed by atoms with Gasteiger partial charge in [-0.15, -0.1) is 0 Å². The number of carbonyl (C=O) groups is 2. The molecule has 56 heavy (non-hydrogen) atoms. The second-order valence-corrected chi connectivity index (χ2v) is 17.3. The average molecular weight is 765 g/mol. The molecule has 3 aliphatic rings. The second-order valence-electron chi connectivity index (χ2n) is 15.4. The van der Waals surface area contributed by atoms with Crippen LogP contribution in [0.3, 0.4) is 0 Å². The van der Waals surface area contributed by atoms with Crippen LogP contribution in [0.25, 0.3) is 22.0 Å². The van der Waals surface area contributed by atoms with Crippen molar-refractivity contribution in [3.8, 4) is 17.0 Å². The van der Waals surface area contributed by atoms with Gasteiger partial charge in [-0.3, -0.25) is 9.59 Å². The van der Waals surface area contributed by atoms with Gasteiger partial charge < -0.3 is 19.5 Å². The maximum atomic E-state index is 15.0. The molecule has 0 radical (unpaired) electrons. The summed E-state index contributed by atoms with van der Waals surface area (Å²) in [7, 11) is -2.09. The molecule has 0 bridgehead atoms. The lowest BCUT2D eigenvalue weighted by atomic mass is 9.90. The predicted molar refractivity (Wildman–Crippen MR) is 218 cm³/mol. The fourth-order valence-corrected chi connectivity index (χ4v) is 10.3. The summed E-state index contributed by atoms with van der Waals surface area (Å²) in [5.74, 6) is -0.141. The predicted octanol–water partition coefficient (Wildman–Crippen LogP) is 7.96. The molecule has 0 fully saturated rings. The third-order valence-electron chi connectivity index (χ3n) is 12.0. The first kappa shape index (κ1) is 36.0. The molecular formula is C46H44N4O5S. The van der Waals surface area contributed by atoms with E-state index < -0.39 is 10.0 Å². The lowest BCUT2D eigenvalue weighted by molar-refractivity contribution is 0.0658. The molecule has 3 aliphatic heterocycles. The fraction of sp³-hybridized carbons (Fsp3) is 0.261. The highest BCUT2D eigenvalue weighted by Gasteiger charge is 2.35. The first-order chi connectivity index (χ1) is 27.1. The Hall–Kier alpha value is -5.71. The van der Waals surface area contributed by atoms with E-state index in [1.165, 1.54) is 9.87 Å². The lowest BCUT2D eigenvalue weighted by Gasteiger charge is -2.36. The minimum Gasteiger partial charge on any atom is -0.508 e. The van der Waals surface area contributed by atoms with Crippen molar-refractivity contribution in [1.29, 1.82) is 0 Å². The van der Waals surface area contributed by atoms with Crippen LogP contribution in [-0.4, -0.2) is 58.7 Å². The lowest BCUT2D eigenvalue weighted by Crippen LogP contribution is -2.43. The molecule has 1 N–H and O–H groups in total. The number of amides is 2. The Morgan fingerprint density at radius 1 is 0.732 bits per heavy atom. The summed E-state index contributed by atoms with van der Waals surface area (Å²) in [5, 5.41) is 11.7. The number of fused-ring (bicyclic) bond motifs is 4. The van der Waals surface area contributed by atoms with Crippen molar-refractivity contribution in [3.63, 3.8) is 0 Å². The summed E-state index contributed by atoms with van der Waals surface area (Å²) in [6.45, 7) is 3.73. The number of aromatic hydroxyl groups is 1. The molecule has 10 heteroatoms. The quantitative estimate of drug-likeness (QED) is 0.186. The molecule has 1 atom stereocenters. The van der Waals surface area contributed by atoms with E-state index in [9.17, 15) is 18.3 Å². The van der Waals surface area contributed by atoms with Crippen LogP contribution in [0.1, 0.15) is 68.4 Å². The summed E-state index contributed by atoms with van der Waals surface area (Å²) in [6.07, 6.45) is 3.86. The summed E-state index contributed by atoms with van der Waals surface area (Å²) in [4.78, 5) is 33.1. The van der Waals surface area contributed by atoms with Crippen LogP contribution in [0.2, 0.25) is 0 Å². The molecule has 9 nitrogen and oxygen atoms in total. The highest BCUT2D eigenvalue weighted by molar-refractivity contribution is 7.89. The van der Waals surface area contributed by atoms with Gasteiger partial charge in [-0.25, -0.2) is 8.42 Å². The first-order valence-corrected chi connectivity index (χ1v) is 20.8. The topological polar surface area (TPSA) is 103 Å². The van der Waals surface area contributed by atoms with Gasteiger partial charge in [-0.05, 0) is 127 Å². The molecule has 9 rings (SSSR count). The highest BCUT2D eigenvalue weighted by Crippen LogP contribution is 2.39. The van der Waals surface area contributed by atoms with E-state index in [1.807, 2.05) is 59.5 Å². The van der Waals surface area contributed by atoms with E-state index in [-0.39, 0.29) is 35.0 Å². The van der Waals surface area contributed by atoms with E-state index >= 15 is 4.79 Å². The molecule has 6 aromatic rings.